The largest absolute Gasteiger partial charge is 0.294 e. The molecule has 0 aliphatic rings. The van der Waals surface area contributed by atoms with Crippen molar-refractivity contribution in [3.63, 3.8) is 0 Å². The molecular weight excluding hydrogens is 266 g/mol. The zero-order valence-corrected chi connectivity index (χ0v) is 11.7. The first-order chi connectivity index (χ1) is 10.3. The molecule has 0 atom stereocenters. The SMILES string of the molecule is CCn1ncnc1CC(=O)c1cnn(-c2ccccc2)c1. The van der Waals surface area contributed by atoms with Crippen molar-refractivity contribution in [2.24, 2.45) is 0 Å². The van der Waals surface area contributed by atoms with Gasteiger partial charge in [0.15, 0.2) is 5.78 Å². The van der Waals surface area contributed by atoms with Crippen LogP contribution in [-0.2, 0) is 13.0 Å². The zero-order chi connectivity index (χ0) is 14.7. The number of aromatic nitrogens is 5. The fourth-order valence-electron chi connectivity index (χ4n) is 2.12. The molecule has 2 aromatic heterocycles. The molecule has 3 rings (SSSR count). The van der Waals surface area contributed by atoms with Crippen molar-refractivity contribution in [2.45, 2.75) is 19.9 Å². The molecule has 0 fully saturated rings. The minimum absolute atomic E-state index is 0.0140. The summed E-state index contributed by atoms with van der Waals surface area (Å²) in [5.74, 6) is 0.662. The maximum absolute atomic E-state index is 12.3. The number of carbonyl (C=O) groups excluding carboxylic acids is 1. The summed E-state index contributed by atoms with van der Waals surface area (Å²) in [7, 11) is 0. The molecular formula is C15H15N5O. The first-order valence-electron chi connectivity index (χ1n) is 6.78. The third-order valence-electron chi connectivity index (χ3n) is 3.24. The van der Waals surface area contributed by atoms with Gasteiger partial charge in [-0.1, -0.05) is 18.2 Å². The summed E-state index contributed by atoms with van der Waals surface area (Å²) in [6.07, 6.45) is 5.03. The van der Waals surface area contributed by atoms with Crippen molar-refractivity contribution in [3.8, 4) is 5.69 Å². The summed E-state index contributed by atoms with van der Waals surface area (Å²) < 4.78 is 3.41. The molecule has 3 aromatic rings. The van der Waals surface area contributed by atoms with Crippen molar-refractivity contribution in [2.75, 3.05) is 0 Å². The van der Waals surface area contributed by atoms with Gasteiger partial charge in [-0.05, 0) is 19.1 Å². The minimum Gasteiger partial charge on any atom is -0.294 e. The summed E-state index contributed by atoms with van der Waals surface area (Å²) in [6, 6.07) is 9.69. The number of rotatable bonds is 5. The van der Waals surface area contributed by atoms with Gasteiger partial charge in [0, 0.05) is 12.7 Å². The number of carbonyl (C=O) groups is 1. The first kappa shape index (κ1) is 13.2. The van der Waals surface area contributed by atoms with Crippen molar-refractivity contribution >= 4 is 5.78 Å². The molecule has 6 heteroatoms. The van der Waals surface area contributed by atoms with Crippen LogP contribution in [0.25, 0.3) is 5.69 Å². The van der Waals surface area contributed by atoms with Crippen LogP contribution in [0.1, 0.15) is 23.1 Å². The number of hydrogen-bond donors (Lipinski definition) is 0. The molecule has 1 aromatic carbocycles. The first-order valence-corrected chi connectivity index (χ1v) is 6.78. The summed E-state index contributed by atoms with van der Waals surface area (Å²) in [6.45, 7) is 2.67. The number of nitrogens with zero attached hydrogens (tertiary/aromatic N) is 5. The molecule has 0 N–H and O–H groups in total. The summed E-state index contributed by atoms with van der Waals surface area (Å²) in [5, 5.41) is 8.30. The van der Waals surface area contributed by atoms with E-state index in [1.807, 2.05) is 37.3 Å². The van der Waals surface area contributed by atoms with Crippen LogP contribution in [0.3, 0.4) is 0 Å². The van der Waals surface area contributed by atoms with Crippen molar-refractivity contribution in [1.82, 2.24) is 24.5 Å². The third kappa shape index (κ3) is 2.74. The average molecular weight is 281 g/mol. The Morgan fingerprint density at radius 1 is 1.19 bits per heavy atom. The van der Waals surface area contributed by atoms with Crippen LogP contribution < -0.4 is 0 Å². The van der Waals surface area contributed by atoms with E-state index in [9.17, 15) is 4.79 Å². The van der Waals surface area contributed by atoms with Crippen LogP contribution in [0.4, 0.5) is 0 Å². The lowest BCUT2D eigenvalue weighted by Crippen LogP contribution is -2.10. The van der Waals surface area contributed by atoms with Gasteiger partial charge in [0.25, 0.3) is 0 Å². The van der Waals surface area contributed by atoms with E-state index in [-0.39, 0.29) is 12.2 Å². The summed E-state index contributed by atoms with van der Waals surface area (Å²) in [4.78, 5) is 16.4. The van der Waals surface area contributed by atoms with E-state index in [1.165, 1.54) is 6.33 Å². The lowest BCUT2D eigenvalue weighted by molar-refractivity contribution is 0.0989. The van der Waals surface area contributed by atoms with E-state index in [0.717, 1.165) is 5.69 Å². The van der Waals surface area contributed by atoms with Crippen molar-refractivity contribution in [3.05, 3.63) is 60.4 Å². The molecule has 0 amide bonds. The third-order valence-corrected chi connectivity index (χ3v) is 3.24. The van der Waals surface area contributed by atoms with Gasteiger partial charge in [-0.2, -0.15) is 10.2 Å². The molecule has 21 heavy (non-hydrogen) atoms. The van der Waals surface area contributed by atoms with Gasteiger partial charge in [0.05, 0.1) is 23.9 Å². The Morgan fingerprint density at radius 3 is 2.76 bits per heavy atom. The quantitative estimate of drug-likeness (QED) is 0.670. The molecule has 106 valence electrons. The van der Waals surface area contributed by atoms with Crippen LogP contribution in [-0.4, -0.2) is 30.3 Å². The monoisotopic (exact) mass is 281 g/mol. The van der Waals surface area contributed by atoms with Crippen LogP contribution in [0, 0.1) is 0 Å². The van der Waals surface area contributed by atoms with Gasteiger partial charge in [-0.3, -0.25) is 4.79 Å². The van der Waals surface area contributed by atoms with Gasteiger partial charge in [0.1, 0.15) is 12.2 Å². The average Bonchev–Trinajstić information content (AvgIpc) is 3.17. The number of Topliss-reactive ketones (excluding diaryl/α,β-unsaturated/α-hetero) is 1. The van der Waals surface area contributed by atoms with Gasteiger partial charge in [-0.15, -0.1) is 0 Å². The molecule has 0 saturated carbocycles. The topological polar surface area (TPSA) is 65.6 Å². The van der Waals surface area contributed by atoms with Gasteiger partial charge in [0.2, 0.25) is 0 Å². The standard InChI is InChI=1S/C15H15N5O/c1-2-19-15(16-11-18-19)8-14(21)12-9-17-20(10-12)13-6-4-3-5-7-13/h3-7,9-11H,2,8H2,1H3. The number of para-hydroxylation sites is 1. The second kappa shape index (κ2) is 5.70. The van der Waals surface area contributed by atoms with Crippen LogP contribution in [0.5, 0.6) is 0 Å². The highest BCUT2D eigenvalue weighted by molar-refractivity contribution is 5.96. The highest BCUT2D eigenvalue weighted by Gasteiger charge is 2.13. The normalized spacial score (nSPS) is 10.7. The van der Waals surface area contributed by atoms with Crippen LogP contribution in [0.15, 0.2) is 49.1 Å². The molecule has 2 heterocycles. The van der Waals surface area contributed by atoms with E-state index >= 15 is 0 Å². The Balaban J connectivity index is 1.79. The van der Waals surface area contributed by atoms with Gasteiger partial charge in [-0.25, -0.2) is 14.3 Å². The second-order valence-electron chi connectivity index (χ2n) is 4.60. The molecule has 0 aliphatic carbocycles. The van der Waals surface area contributed by atoms with Gasteiger partial charge < -0.3 is 0 Å². The molecule has 0 unspecified atom stereocenters. The zero-order valence-electron chi connectivity index (χ0n) is 11.7. The Morgan fingerprint density at radius 2 is 2.00 bits per heavy atom. The predicted octanol–water partition coefficient (Wildman–Crippen LogP) is 1.91. The van der Waals surface area contributed by atoms with Crippen LogP contribution >= 0.6 is 0 Å². The fraction of sp³-hybridized carbons (Fsp3) is 0.200. The minimum atomic E-state index is -0.0140. The molecule has 0 saturated heterocycles. The number of aryl methyl sites for hydroxylation is 1. The van der Waals surface area contributed by atoms with Crippen molar-refractivity contribution < 1.29 is 4.79 Å². The summed E-state index contributed by atoms with van der Waals surface area (Å²) >= 11 is 0. The smallest absolute Gasteiger partial charge is 0.173 e. The molecule has 0 aliphatic heterocycles. The Labute approximate surface area is 122 Å². The van der Waals surface area contributed by atoms with Crippen molar-refractivity contribution in [1.29, 1.82) is 0 Å². The highest BCUT2D eigenvalue weighted by Crippen LogP contribution is 2.10. The number of benzene rings is 1. The van der Waals surface area contributed by atoms with E-state index in [1.54, 1.807) is 21.8 Å². The van der Waals surface area contributed by atoms with Crippen LogP contribution in [0.2, 0.25) is 0 Å². The Bertz CT molecular complexity index is 744. The van der Waals surface area contributed by atoms with E-state index in [2.05, 4.69) is 15.2 Å². The Kier molecular flexibility index (Phi) is 3.59. The van der Waals surface area contributed by atoms with Gasteiger partial charge >= 0.3 is 0 Å². The maximum Gasteiger partial charge on any atom is 0.173 e. The summed E-state index contributed by atoms with van der Waals surface area (Å²) in [5.41, 5.74) is 1.50. The second-order valence-corrected chi connectivity index (χ2v) is 4.60. The lowest BCUT2D eigenvalue weighted by Gasteiger charge is -2.01. The fourth-order valence-corrected chi connectivity index (χ4v) is 2.12. The molecule has 0 bridgehead atoms. The number of hydrogen-bond acceptors (Lipinski definition) is 4. The Hall–Kier alpha value is -2.76. The molecule has 0 spiro atoms. The molecule has 6 nitrogen and oxygen atoms in total. The van der Waals surface area contributed by atoms with E-state index < -0.39 is 0 Å². The van der Waals surface area contributed by atoms with E-state index in [0.29, 0.717) is 17.9 Å². The van der Waals surface area contributed by atoms with E-state index in [4.69, 9.17) is 0 Å². The molecule has 0 radical (unpaired) electrons. The maximum atomic E-state index is 12.3. The predicted molar refractivity (Wildman–Crippen MR) is 77.3 cm³/mol. The lowest BCUT2D eigenvalue weighted by atomic mass is 10.1. The highest BCUT2D eigenvalue weighted by atomic mass is 16.1. The number of ketones is 1.